The van der Waals surface area contributed by atoms with Crippen molar-refractivity contribution in [2.45, 2.75) is 69.7 Å². The Balaban J connectivity index is 1.36. The Morgan fingerprint density at radius 2 is 1.48 bits per heavy atom. The van der Waals surface area contributed by atoms with Crippen molar-refractivity contribution in [2.24, 2.45) is 0 Å². The molecule has 1 saturated heterocycles. The third-order valence-electron chi connectivity index (χ3n) is 5.70. The van der Waals surface area contributed by atoms with Crippen molar-refractivity contribution < 1.29 is 10.0 Å². The van der Waals surface area contributed by atoms with E-state index in [1.165, 1.54) is 36.8 Å². The molecule has 144 valence electrons. The van der Waals surface area contributed by atoms with Gasteiger partial charge in [-0.1, -0.05) is 86.3 Å². The van der Waals surface area contributed by atoms with E-state index in [9.17, 15) is 10.0 Å². The number of nitrogens with zero attached hydrogens (tertiary/aromatic N) is 1. The lowest BCUT2D eigenvalue weighted by Gasteiger charge is -2.35. The van der Waals surface area contributed by atoms with Crippen LogP contribution in [0.2, 0.25) is 0 Å². The van der Waals surface area contributed by atoms with Crippen LogP contribution in [0, 0.1) is 0 Å². The van der Waals surface area contributed by atoms with Gasteiger partial charge in [-0.3, -0.25) is 10.0 Å². The highest BCUT2D eigenvalue weighted by Gasteiger charge is 2.33. The predicted molar refractivity (Wildman–Crippen MR) is 109 cm³/mol. The van der Waals surface area contributed by atoms with Gasteiger partial charge in [-0.05, 0) is 42.7 Å². The summed E-state index contributed by atoms with van der Waals surface area (Å²) in [5, 5.41) is 11.2. The molecule has 27 heavy (non-hydrogen) atoms. The number of carbonyl (C=O) groups excluding carboxylic acids is 1. The monoisotopic (exact) mass is 365 g/mol. The van der Waals surface area contributed by atoms with Gasteiger partial charge in [0.15, 0.2) is 0 Å². The molecule has 0 spiro atoms. The second-order valence-corrected chi connectivity index (χ2v) is 7.73. The Morgan fingerprint density at radius 1 is 0.852 bits per heavy atom. The van der Waals surface area contributed by atoms with Crippen molar-refractivity contribution in [3.8, 4) is 0 Å². The van der Waals surface area contributed by atoms with Gasteiger partial charge in [-0.2, -0.15) is 0 Å². The van der Waals surface area contributed by atoms with Gasteiger partial charge in [0.05, 0.1) is 6.04 Å². The van der Waals surface area contributed by atoms with Crippen molar-refractivity contribution in [3.63, 3.8) is 0 Å². The van der Waals surface area contributed by atoms with Crippen LogP contribution in [0.25, 0.3) is 0 Å². The Hall–Kier alpha value is -2.13. The first-order chi connectivity index (χ1) is 13.2. The van der Waals surface area contributed by atoms with E-state index in [-0.39, 0.29) is 17.9 Å². The Morgan fingerprint density at radius 3 is 2.22 bits per heavy atom. The SMILES string of the molecule is O=C1C[C@@H](c2ccccc2)C[C@@H](CCCCCCCc2ccccc2)N1O. The first-order valence-corrected chi connectivity index (χ1v) is 10.3. The number of unbranched alkanes of at least 4 members (excludes halogenated alkanes) is 4. The fraction of sp³-hybridized carbons (Fsp3) is 0.458. The maximum absolute atomic E-state index is 12.2. The highest BCUT2D eigenvalue weighted by atomic mass is 16.5. The van der Waals surface area contributed by atoms with Gasteiger partial charge < -0.3 is 0 Å². The van der Waals surface area contributed by atoms with Gasteiger partial charge in [0.1, 0.15) is 0 Å². The molecule has 1 aliphatic heterocycles. The minimum atomic E-state index is -0.136. The second kappa shape index (κ2) is 10.3. The lowest BCUT2D eigenvalue weighted by Crippen LogP contribution is -2.43. The molecule has 3 rings (SSSR count). The highest BCUT2D eigenvalue weighted by Crippen LogP contribution is 2.33. The van der Waals surface area contributed by atoms with Gasteiger partial charge in [-0.25, -0.2) is 5.06 Å². The smallest absolute Gasteiger partial charge is 0.246 e. The summed E-state index contributed by atoms with van der Waals surface area (Å²) < 4.78 is 0. The molecule has 0 unspecified atom stereocenters. The lowest BCUT2D eigenvalue weighted by molar-refractivity contribution is -0.184. The van der Waals surface area contributed by atoms with Gasteiger partial charge >= 0.3 is 0 Å². The number of aryl methyl sites for hydroxylation is 1. The molecule has 3 nitrogen and oxygen atoms in total. The van der Waals surface area contributed by atoms with E-state index in [4.69, 9.17) is 0 Å². The van der Waals surface area contributed by atoms with Crippen LogP contribution in [0.1, 0.15) is 68.4 Å². The minimum absolute atomic E-state index is 0.0409. The van der Waals surface area contributed by atoms with E-state index in [1.54, 1.807) is 0 Å². The highest BCUT2D eigenvalue weighted by molar-refractivity contribution is 5.77. The van der Waals surface area contributed by atoms with Crippen molar-refractivity contribution >= 4 is 5.91 Å². The molecule has 1 heterocycles. The number of piperidine rings is 1. The van der Waals surface area contributed by atoms with Gasteiger partial charge in [-0.15, -0.1) is 0 Å². The van der Waals surface area contributed by atoms with Crippen LogP contribution in [0.3, 0.4) is 0 Å². The summed E-state index contributed by atoms with van der Waals surface area (Å²) in [4.78, 5) is 12.2. The molecule has 0 bridgehead atoms. The topological polar surface area (TPSA) is 40.5 Å². The molecular weight excluding hydrogens is 334 g/mol. The predicted octanol–water partition coefficient (Wildman–Crippen LogP) is 5.73. The fourth-order valence-electron chi connectivity index (χ4n) is 4.12. The van der Waals surface area contributed by atoms with E-state index in [0.29, 0.717) is 6.42 Å². The second-order valence-electron chi connectivity index (χ2n) is 7.73. The molecule has 1 amide bonds. The summed E-state index contributed by atoms with van der Waals surface area (Å²) >= 11 is 0. The zero-order valence-electron chi connectivity index (χ0n) is 16.1. The van der Waals surface area contributed by atoms with Crippen LogP contribution in [-0.4, -0.2) is 22.2 Å². The molecule has 0 aliphatic carbocycles. The third-order valence-corrected chi connectivity index (χ3v) is 5.70. The van der Waals surface area contributed by atoms with Crippen LogP contribution >= 0.6 is 0 Å². The number of hydrogen-bond donors (Lipinski definition) is 1. The first kappa shape index (κ1) is 19.6. The number of carbonyl (C=O) groups is 1. The number of hydroxylamine groups is 2. The molecule has 0 radical (unpaired) electrons. The minimum Gasteiger partial charge on any atom is -0.286 e. The van der Waals surface area contributed by atoms with Crippen molar-refractivity contribution in [2.75, 3.05) is 0 Å². The molecule has 1 N–H and O–H groups in total. The molecule has 3 heteroatoms. The van der Waals surface area contributed by atoms with Crippen LogP contribution in [0.15, 0.2) is 60.7 Å². The molecule has 2 atom stereocenters. The van der Waals surface area contributed by atoms with Crippen LogP contribution < -0.4 is 0 Å². The summed E-state index contributed by atoms with van der Waals surface area (Å²) in [7, 11) is 0. The normalized spacial score (nSPS) is 20.0. The van der Waals surface area contributed by atoms with E-state index in [0.717, 1.165) is 30.7 Å². The van der Waals surface area contributed by atoms with Gasteiger partial charge in [0.25, 0.3) is 0 Å². The summed E-state index contributed by atoms with van der Waals surface area (Å²) in [6.07, 6.45) is 9.26. The Labute approximate surface area is 163 Å². The summed E-state index contributed by atoms with van der Waals surface area (Å²) in [5.74, 6) is 0.0981. The zero-order valence-corrected chi connectivity index (χ0v) is 16.1. The summed E-state index contributed by atoms with van der Waals surface area (Å²) in [5.41, 5.74) is 2.63. The van der Waals surface area contributed by atoms with Crippen molar-refractivity contribution in [1.29, 1.82) is 0 Å². The molecule has 2 aromatic carbocycles. The quantitative estimate of drug-likeness (QED) is 0.455. The standard InChI is InChI=1S/C24H31NO2/c26-24-19-22(21-15-9-5-10-16-21)18-23(25(24)27)17-11-3-1-2-6-12-20-13-7-4-8-14-20/h4-5,7-10,13-16,22-23,27H,1-3,6,11-12,17-19H2/t22-,23+/m0/s1. The van der Waals surface area contributed by atoms with E-state index >= 15 is 0 Å². The van der Waals surface area contributed by atoms with E-state index in [1.807, 2.05) is 18.2 Å². The maximum Gasteiger partial charge on any atom is 0.246 e. The number of hydrogen-bond acceptors (Lipinski definition) is 2. The molecule has 0 saturated carbocycles. The van der Waals surface area contributed by atoms with Crippen LogP contribution in [-0.2, 0) is 11.2 Å². The number of rotatable bonds is 9. The average molecular weight is 366 g/mol. The third kappa shape index (κ3) is 5.93. The number of amides is 1. The zero-order chi connectivity index (χ0) is 18.9. The van der Waals surface area contributed by atoms with Gasteiger partial charge in [0, 0.05) is 6.42 Å². The summed E-state index contributed by atoms with van der Waals surface area (Å²) in [6.45, 7) is 0. The molecule has 1 aliphatic rings. The average Bonchev–Trinajstić information content (AvgIpc) is 2.71. The molecule has 2 aromatic rings. The number of benzene rings is 2. The van der Waals surface area contributed by atoms with Gasteiger partial charge in [0.2, 0.25) is 5.91 Å². The largest absolute Gasteiger partial charge is 0.286 e. The lowest BCUT2D eigenvalue weighted by atomic mass is 9.84. The van der Waals surface area contributed by atoms with Crippen molar-refractivity contribution in [3.05, 3.63) is 71.8 Å². The fourth-order valence-corrected chi connectivity index (χ4v) is 4.12. The van der Waals surface area contributed by atoms with Crippen molar-refractivity contribution in [1.82, 2.24) is 5.06 Å². The van der Waals surface area contributed by atoms with Crippen LogP contribution in [0.5, 0.6) is 0 Å². The first-order valence-electron chi connectivity index (χ1n) is 10.3. The van der Waals surface area contributed by atoms with E-state index in [2.05, 4.69) is 42.5 Å². The maximum atomic E-state index is 12.2. The van der Waals surface area contributed by atoms with E-state index < -0.39 is 0 Å². The van der Waals surface area contributed by atoms with Crippen LogP contribution in [0.4, 0.5) is 0 Å². The molecule has 1 fully saturated rings. The summed E-state index contributed by atoms with van der Waals surface area (Å²) in [6, 6.07) is 20.8. The molecular formula is C24H31NO2. The molecule has 0 aromatic heterocycles. The Kier molecular flexibility index (Phi) is 7.46. The Bertz CT molecular complexity index is 686.